The number of carbonyl (C=O) groups is 2. The number of urea groups is 1. The highest BCUT2D eigenvalue weighted by Gasteiger charge is 2.34. The van der Waals surface area contributed by atoms with Crippen LogP contribution in [0.4, 0.5) is 10.5 Å². The number of hydrogen-bond donors (Lipinski definition) is 2. The first kappa shape index (κ1) is 17.5. The monoisotopic (exact) mass is 369 g/mol. The lowest BCUT2D eigenvalue weighted by atomic mass is 9.99. The third-order valence-corrected chi connectivity index (χ3v) is 5.06. The van der Waals surface area contributed by atoms with Crippen LogP contribution in [-0.2, 0) is 11.4 Å². The summed E-state index contributed by atoms with van der Waals surface area (Å²) in [7, 11) is 0. The van der Waals surface area contributed by atoms with E-state index in [9.17, 15) is 9.59 Å². The Bertz CT molecular complexity index is 788. The number of rotatable bonds is 4. The fourth-order valence-corrected chi connectivity index (χ4v) is 3.60. The summed E-state index contributed by atoms with van der Waals surface area (Å²) in [6.45, 7) is 1.38. The SMILES string of the molecule is O=C1N[C@H]2CCC[C@@H]1CN(C(=O)Nc1ccc(OCc3ccco3)cc1)C2. The molecule has 142 valence electrons. The molecule has 3 heterocycles. The zero-order chi connectivity index (χ0) is 18.6. The van der Waals surface area contributed by atoms with Crippen molar-refractivity contribution in [2.45, 2.75) is 31.9 Å². The molecule has 0 aliphatic carbocycles. The van der Waals surface area contributed by atoms with E-state index in [0.717, 1.165) is 25.0 Å². The van der Waals surface area contributed by atoms with Gasteiger partial charge in [-0.05, 0) is 49.2 Å². The number of nitrogens with zero attached hydrogens (tertiary/aromatic N) is 1. The van der Waals surface area contributed by atoms with Gasteiger partial charge < -0.3 is 24.7 Å². The lowest BCUT2D eigenvalue weighted by molar-refractivity contribution is -0.124. The summed E-state index contributed by atoms with van der Waals surface area (Å²) in [5.74, 6) is 1.41. The van der Waals surface area contributed by atoms with E-state index in [1.807, 2.05) is 12.1 Å². The number of furan rings is 1. The van der Waals surface area contributed by atoms with Crippen molar-refractivity contribution in [3.63, 3.8) is 0 Å². The van der Waals surface area contributed by atoms with Gasteiger partial charge >= 0.3 is 6.03 Å². The van der Waals surface area contributed by atoms with Gasteiger partial charge in [-0.1, -0.05) is 6.42 Å². The molecule has 1 aromatic heterocycles. The molecule has 4 rings (SSSR count). The van der Waals surface area contributed by atoms with Crippen molar-refractivity contribution in [2.75, 3.05) is 18.4 Å². The number of hydrogen-bond acceptors (Lipinski definition) is 4. The minimum absolute atomic E-state index is 0.0492. The molecule has 7 nitrogen and oxygen atoms in total. The molecule has 3 amide bonds. The van der Waals surface area contributed by atoms with Crippen LogP contribution in [0.25, 0.3) is 0 Å². The second kappa shape index (κ2) is 7.73. The summed E-state index contributed by atoms with van der Waals surface area (Å²) >= 11 is 0. The summed E-state index contributed by atoms with van der Waals surface area (Å²) in [5.41, 5.74) is 0.694. The van der Waals surface area contributed by atoms with Crippen molar-refractivity contribution < 1.29 is 18.7 Å². The number of anilines is 1. The Kier molecular flexibility index (Phi) is 5.00. The molecule has 27 heavy (non-hydrogen) atoms. The average Bonchev–Trinajstić information content (AvgIpc) is 3.04. The van der Waals surface area contributed by atoms with Crippen LogP contribution >= 0.6 is 0 Å². The van der Waals surface area contributed by atoms with E-state index in [-0.39, 0.29) is 23.9 Å². The lowest BCUT2D eigenvalue weighted by Crippen LogP contribution is -2.43. The molecule has 2 aliphatic rings. The van der Waals surface area contributed by atoms with Crippen LogP contribution in [0.3, 0.4) is 0 Å². The molecule has 0 radical (unpaired) electrons. The second-order valence-electron chi connectivity index (χ2n) is 7.06. The first-order chi connectivity index (χ1) is 13.2. The molecule has 2 atom stereocenters. The zero-order valence-corrected chi connectivity index (χ0v) is 15.0. The molecule has 2 N–H and O–H groups in total. The number of likely N-dealkylation sites (tertiary alicyclic amines) is 1. The van der Waals surface area contributed by atoms with Gasteiger partial charge in [-0.15, -0.1) is 0 Å². The molecule has 7 heteroatoms. The number of amides is 3. The topological polar surface area (TPSA) is 83.8 Å². The predicted molar refractivity (Wildman–Crippen MR) is 99.3 cm³/mol. The van der Waals surface area contributed by atoms with Gasteiger partial charge in [0.1, 0.15) is 18.1 Å². The Morgan fingerprint density at radius 1 is 1.22 bits per heavy atom. The van der Waals surface area contributed by atoms with Crippen LogP contribution in [0, 0.1) is 5.92 Å². The Morgan fingerprint density at radius 2 is 2.07 bits per heavy atom. The normalized spacial score (nSPS) is 21.9. The summed E-state index contributed by atoms with van der Waals surface area (Å²) < 4.78 is 10.9. The molecule has 0 unspecified atom stereocenters. The van der Waals surface area contributed by atoms with E-state index in [4.69, 9.17) is 9.15 Å². The highest BCUT2D eigenvalue weighted by atomic mass is 16.5. The van der Waals surface area contributed by atoms with Crippen LogP contribution in [0.5, 0.6) is 5.75 Å². The van der Waals surface area contributed by atoms with Crippen LogP contribution in [0.2, 0.25) is 0 Å². The number of benzene rings is 1. The number of carbonyl (C=O) groups excluding carboxylic acids is 2. The van der Waals surface area contributed by atoms with Crippen molar-refractivity contribution in [3.05, 3.63) is 48.4 Å². The first-order valence-electron chi connectivity index (χ1n) is 9.29. The Balaban J connectivity index is 1.34. The molecule has 2 aromatic rings. The second-order valence-corrected chi connectivity index (χ2v) is 7.06. The third-order valence-electron chi connectivity index (χ3n) is 5.06. The van der Waals surface area contributed by atoms with E-state index in [1.54, 1.807) is 35.4 Å². The van der Waals surface area contributed by atoms with Gasteiger partial charge in [-0.3, -0.25) is 4.79 Å². The van der Waals surface area contributed by atoms with Gasteiger partial charge in [-0.2, -0.15) is 0 Å². The smallest absolute Gasteiger partial charge is 0.321 e. The molecule has 0 saturated carbocycles. The molecule has 2 bridgehead atoms. The summed E-state index contributed by atoms with van der Waals surface area (Å²) in [5, 5.41) is 5.95. The van der Waals surface area contributed by atoms with Gasteiger partial charge in [0.25, 0.3) is 0 Å². The predicted octanol–water partition coefficient (Wildman–Crippen LogP) is 2.99. The van der Waals surface area contributed by atoms with Crippen molar-refractivity contribution in [1.29, 1.82) is 0 Å². The molecular formula is C20H23N3O4. The fourth-order valence-electron chi connectivity index (χ4n) is 3.60. The number of ether oxygens (including phenoxy) is 1. The van der Waals surface area contributed by atoms with Crippen LogP contribution in [0.1, 0.15) is 25.0 Å². The largest absolute Gasteiger partial charge is 0.486 e. The maximum atomic E-state index is 12.7. The molecule has 0 spiro atoms. The average molecular weight is 369 g/mol. The molecule has 2 saturated heterocycles. The highest BCUT2D eigenvalue weighted by molar-refractivity contribution is 5.90. The minimum atomic E-state index is -0.173. The van der Waals surface area contributed by atoms with E-state index in [0.29, 0.717) is 31.1 Å². The number of fused-ring (bicyclic) bond motifs is 3. The van der Waals surface area contributed by atoms with Crippen LogP contribution < -0.4 is 15.4 Å². The van der Waals surface area contributed by atoms with E-state index in [1.165, 1.54) is 0 Å². The summed E-state index contributed by atoms with van der Waals surface area (Å²) in [6.07, 6.45) is 4.40. The van der Waals surface area contributed by atoms with Crippen LogP contribution in [0.15, 0.2) is 47.1 Å². The molecule has 1 aromatic carbocycles. The minimum Gasteiger partial charge on any atom is -0.486 e. The van der Waals surface area contributed by atoms with Crippen molar-refractivity contribution >= 4 is 17.6 Å². The Labute approximate surface area is 157 Å². The van der Waals surface area contributed by atoms with Crippen LogP contribution in [-0.4, -0.2) is 36.0 Å². The van der Waals surface area contributed by atoms with Gasteiger partial charge in [0.15, 0.2) is 0 Å². The van der Waals surface area contributed by atoms with E-state index < -0.39 is 0 Å². The Morgan fingerprint density at radius 3 is 2.85 bits per heavy atom. The molecular weight excluding hydrogens is 346 g/mol. The Hall–Kier alpha value is -2.96. The highest BCUT2D eigenvalue weighted by Crippen LogP contribution is 2.23. The molecule has 2 fully saturated rings. The van der Waals surface area contributed by atoms with Gasteiger partial charge in [0.2, 0.25) is 5.91 Å². The quantitative estimate of drug-likeness (QED) is 0.868. The van der Waals surface area contributed by atoms with Crippen molar-refractivity contribution in [2.24, 2.45) is 5.92 Å². The van der Waals surface area contributed by atoms with Gasteiger partial charge in [-0.25, -0.2) is 4.79 Å². The standard InChI is InChI=1S/C20H23N3O4/c24-19-14-3-1-4-16(21-19)12-23(11-14)20(25)22-15-6-8-17(9-7-15)27-13-18-5-2-10-26-18/h2,5-10,14,16H,1,3-4,11-13H2,(H,21,24)(H,22,25)/t14-,16+/m1/s1. The van der Waals surface area contributed by atoms with E-state index in [2.05, 4.69) is 10.6 Å². The zero-order valence-electron chi connectivity index (χ0n) is 15.0. The van der Waals surface area contributed by atoms with Gasteiger partial charge in [0.05, 0.1) is 12.2 Å². The fraction of sp³-hybridized carbons (Fsp3) is 0.400. The van der Waals surface area contributed by atoms with Gasteiger partial charge in [0, 0.05) is 24.8 Å². The van der Waals surface area contributed by atoms with Crippen molar-refractivity contribution in [3.8, 4) is 5.75 Å². The molecule has 2 aliphatic heterocycles. The third kappa shape index (κ3) is 4.24. The summed E-state index contributed by atoms with van der Waals surface area (Å²) in [6, 6.07) is 10.8. The first-order valence-corrected chi connectivity index (χ1v) is 9.29. The number of nitrogens with one attached hydrogen (secondary N) is 2. The van der Waals surface area contributed by atoms with Crippen molar-refractivity contribution in [1.82, 2.24) is 10.2 Å². The summed E-state index contributed by atoms with van der Waals surface area (Å²) in [4.78, 5) is 26.5. The lowest BCUT2D eigenvalue weighted by Gasteiger charge is -2.27. The maximum absolute atomic E-state index is 12.7. The maximum Gasteiger partial charge on any atom is 0.321 e. The van der Waals surface area contributed by atoms with E-state index >= 15 is 0 Å².